The fourth-order valence-electron chi connectivity index (χ4n) is 1.86. The highest BCUT2D eigenvalue weighted by atomic mass is 79.9. The molecule has 88 valence electrons. The van der Waals surface area contributed by atoms with E-state index in [9.17, 15) is 0 Å². The Hall–Kier alpha value is -0.340. The molecule has 16 heavy (non-hydrogen) atoms. The number of benzene rings is 1. The molecule has 1 aliphatic carbocycles. The summed E-state index contributed by atoms with van der Waals surface area (Å²) in [6.07, 6.45) is 3.90. The first-order valence-corrected chi connectivity index (χ1v) is 6.85. The maximum Gasteiger partial charge on any atom is 0.0175 e. The van der Waals surface area contributed by atoms with Gasteiger partial charge in [-0.2, -0.15) is 0 Å². The van der Waals surface area contributed by atoms with Crippen molar-refractivity contribution < 1.29 is 0 Å². The van der Waals surface area contributed by atoms with Crippen molar-refractivity contribution >= 4 is 15.9 Å². The summed E-state index contributed by atoms with van der Waals surface area (Å²) in [6.45, 7) is 5.81. The lowest BCUT2D eigenvalue weighted by Gasteiger charge is -2.17. The molecular formula is C14H20BrN. The van der Waals surface area contributed by atoms with Crippen LogP contribution in [0.2, 0.25) is 0 Å². The molecule has 0 amide bonds. The lowest BCUT2D eigenvalue weighted by molar-refractivity contribution is 0.447. The molecule has 1 atom stereocenters. The van der Waals surface area contributed by atoms with Crippen LogP contribution in [-0.2, 0) is 6.42 Å². The molecule has 1 aromatic rings. The van der Waals surface area contributed by atoms with Gasteiger partial charge in [0.15, 0.2) is 0 Å². The first kappa shape index (κ1) is 12.1. The van der Waals surface area contributed by atoms with Crippen LogP contribution < -0.4 is 5.32 Å². The van der Waals surface area contributed by atoms with Gasteiger partial charge in [-0.15, -0.1) is 0 Å². The van der Waals surface area contributed by atoms with Gasteiger partial charge in [0.05, 0.1) is 0 Å². The van der Waals surface area contributed by atoms with Crippen LogP contribution in [0.25, 0.3) is 0 Å². The number of hydrogen-bond acceptors (Lipinski definition) is 1. The number of hydrogen-bond donors (Lipinski definition) is 1. The van der Waals surface area contributed by atoms with Gasteiger partial charge in [0.25, 0.3) is 0 Å². The van der Waals surface area contributed by atoms with Crippen LogP contribution >= 0.6 is 15.9 Å². The van der Waals surface area contributed by atoms with Gasteiger partial charge in [0.2, 0.25) is 0 Å². The predicted octanol–water partition coefficient (Wildman–Crippen LogP) is 3.77. The van der Waals surface area contributed by atoms with Crippen LogP contribution in [0, 0.1) is 5.41 Å². The molecule has 0 radical (unpaired) electrons. The van der Waals surface area contributed by atoms with Crippen LogP contribution in [0.1, 0.15) is 32.3 Å². The minimum Gasteiger partial charge on any atom is -0.313 e. The number of halogens is 1. The highest BCUT2D eigenvalue weighted by molar-refractivity contribution is 9.10. The average Bonchev–Trinajstić information content (AvgIpc) is 2.98. The van der Waals surface area contributed by atoms with E-state index in [1.54, 1.807) is 0 Å². The summed E-state index contributed by atoms with van der Waals surface area (Å²) in [4.78, 5) is 0. The Labute approximate surface area is 107 Å². The summed E-state index contributed by atoms with van der Waals surface area (Å²) in [5.74, 6) is 0. The number of rotatable bonds is 5. The first-order valence-electron chi connectivity index (χ1n) is 6.05. The Morgan fingerprint density at radius 3 is 2.50 bits per heavy atom. The molecule has 1 aliphatic rings. The molecule has 0 saturated heterocycles. The van der Waals surface area contributed by atoms with Crippen LogP contribution in [0.15, 0.2) is 28.7 Å². The smallest absolute Gasteiger partial charge is 0.0175 e. The van der Waals surface area contributed by atoms with E-state index in [4.69, 9.17) is 0 Å². The molecule has 1 nitrogen and oxygen atoms in total. The van der Waals surface area contributed by atoms with E-state index in [1.807, 2.05) is 0 Å². The van der Waals surface area contributed by atoms with E-state index in [1.165, 1.54) is 24.9 Å². The van der Waals surface area contributed by atoms with Crippen molar-refractivity contribution in [3.63, 3.8) is 0 Å². The summed E-state index contributed by atoms with van der Waals surface area (Å²) < 4.78 is 1.15. The normalized spacial score (nSPS) is 19.4. The summed E-state index contributed by atoms with van der Waals surface area (Å²) in [5.41, 5.74) is 2.01. The fraction of sp³-hybridized carbons (Fsp3) is 0.571. The molecule has 1 fully saturated rings. The average molecular weight is 282 g/mol. The standard InChI is InChI=1S/C14H20BrN/c1-11(16-10-14(2)7-8-14)9-12-3-5-13(15)6-4-12/h3-6,11,16H,7-10H2,1-2H3. The summed E-state index contributed by atoms with van der Waals surface area (Å²) >= 11 is 3.46. The van der Waals surface area contributed by atoms with Gasteiger partial charge in [0.1, 0.15) is 0 Å². The van der Waals surface area contributed by atoms with Gasteiger partial charge in [-0.05, 0) is 49.3 Å². The Bertz CT molecular complexity index is 340. The van der Waals surface area contributed by atoms with Crippen LogP contribution in [0.3, 0.4) is 0 Å². The van der Waals surface area contributed by atoms with E-state index in [0.717, 1.165) is 10.9 Å². The zero-order valence-electron chi connectivity index (χ0n) is 10.1. The summed E-state index contributed by atoms with van der Waals surface area (Å²) in [7, 11) is 0. The van der Waals surface area contributed by atoms with E-state index in [2.05, 4.69) is 59.4 Å². The Kier molecular flexibility index (Phi) is 3.70. The van der Waals surface area contributed by atoms with Gasteiger partial charge in [-0.3, -0.25) is 0 Å². The Morgan fingerprint density at radius 2 is 1.94 bits per heavy atom. The third-order valence-electron chi connectivity index (χ3n) is 3.44. The maximum absolute atomic E-state index is 3.64. The van der Waals surface area contributed by atoms with Crippen molar-refractivity contribution in [3.05, 3.63) is 34.3 Å². The molecule has 1 unspecified atom stereocenters. The van der Waals surface area contributed by atoms with E-state index < -0.39 is 0 Å². The molecule has 0 aromatic heterocycles. The third-order valence-corrected chi connectivity index (χ3v) is 3.96. The Morgan fingerprint density at radius 1 is 1.31 bits per heavy atom. The predicted molar refractivity (Wildman–Crippen MR) is 72.7 cm³/mol. The quantitative estimate of drug-likeness (QED) is 0.867. The zero-order valence-corrected chi connectivity index (χ0v) is 11.7. The van der Waals surface area contributed by atoms with Crippen LogP contribution in [0.4, 0.5) is 0 Å². The molecule has 0 bridgehead atoms. The molecule has 1 N–H and O–H groups in total. The summed E-state index contributed by atoms with van der Waals surface area (Å²) in [6, 6.07) is 9.19. The van der Waals surface area contributed by atoms with Gasteiger partial charge < -0.3 is 5.32 Å². The van der Waals surface area contributed by atoms with E-state index in [-0.39, 0.29) is 0 Å². The molecular weight excluding hydrogens is 262 g/mol. The van der Waals surface area contributed by atoms with Crippen molar-refractivity contribution in [1.29, 1.82) is 0 Å². The van der Waals surface area contributed by atoms with Gasteiger partial charge >= 0.3 is 0 Å². The highest BCUT2D eigenvalue weighted by Crippen LogP contribution is 2.44. The monoisotopic (exact) mass is 281 g/mol. The molecule has 0 heterocycles. The van der Waals surface area contributed by atoms with Crippen molar-refractivity contribution in [1.82, 2.24) is 5.32 Å². The fourth-order valence-corrected chi connectivity index (χ4v) is 2.12. The minimum atomic E-state index is 0.568. The SMILES string of the molecule is CC(Cc1ccc(Br)cc1)NCC1(C)CC1. The first-order chi connectivity index (χ1) is 7.57. The second kappa shape index (κ2) is 4.89. The lowest BCUT2D eigenvalue weighted by Crippen LogP contribution is -2.32. The van der Waals surface area contributed by atoms with Gasteiger partial charge in [-0.25, -0.2) is 0 Å². The molecule has 0 spiro atoms. The van der Waals surface area contributed by atoms with Gasteiger partial charge in [-0.1, -0.05) is 35.0 Å². The van der Waals surface area contributed by atoms with Crippen molar-refractivity contribution in [3.8, 4) is 0 Å². The van der Waals surface area contributed by atoms with Gasteiger partial charge in [0, 0.05) is 17.1 Å². The lowest BCUT2D eigenvalue weighted by atomic mass is 10.1. The molecule has 2 rings (SSSR count). The van der Waals surface area contributed by atoms with E-state index >= 15 is 0 Å². The third kappa shape index (κ3) is 3.60. The molecule has 1 saturated carbocycles. The molecule has 0 aliphatic heterocycles. The molecule has 1 aromatic carbocycles. The largest absolute Gasteiger partial charge is 0.313 e. The maximum atomic E-state index is 3.64. The Balaban J connectivity index is 1.77. The van der Waals surface area contributed by atoms with Crippen LogP contribution in [-0.4, -0.2) is 12.6 Å². The van der Waals surface area contributed by atoms with Crippen molar-refractivity contribution in [2.24, 2.45) is 5.41 Å². The minimum absolute atomic E-state index is 0.568. The topological polar surface area (TPSA) is 12.0 Å². The second-order valence-corrected chi connectivity index (χ2v) is 6.34. The second-order valence-electron chi connectivity index (χ2n) is 5.42. The van der Waals surface area contributed by atoms with Crippen molar-refractivity contribution in [2.75, 3.05) is 6.54 Å². The number of nitrogens with one attached hydrogen (secondary N) is 1. The van der Waals surface area contributed by atoms with E-state index in [0.29, 0.717) is 11.5 Å². The summed E-state index contributed by atoms with van der Waals surface area (Å²) in [5, 5.41) is 3.64. The van der Waals surface area contributed by atoms with Crippen molar-refractivity contribution in [2.45, 2.75) is 39.2 Å². The zero-order chi connectivity index (χ0) is 11.6. The van der Waals surface area contributed by atoms with Crippen LogP contribution in [0.5, 0.6) is 0 Å². The highest BCUT2D eigenvalue weighted by Gasteiger charge is 2.36. The molecule has 2 heteroatoms.